The standard InChI is InChI=1S/C26H20F3N5O2S/c1-16-7-8-17(15-37(35,36)20-6-2-5-19(13-20)26(27,28)29)12-22(16)33-25-23-21(9-11-31-23)32-24(34-25)18-4-3-10-30-14-18/h2-14,31H,15H2,1H3,(H,32,33,34). The van der Waals surface area contributed by atoms with E-state index in [1.165, 1.54) is 6.07 Å². The predicted molar refractivity (Wildman–Crippen MR) is 134 cm³/mol. The van der Waals surface area contributed by atoms with Gasteiger partial charge in [-0.05, 0) is 60.5 Å². The van der Waals surface area contributed by atoms with E-state index in [1.54, 1.807) is 42.9 Å². The normalized spacial score (nSPS) is 12.1. The Morgan fingerprint density at radius 1 is 1.00 bits per heavy atom. The van der Waals surface area contributed by atoms with Crippen molar-refractivity contribution in [2.75, 3.05) is 5.32 Å². The summed E-state index contributed by atoms with van der Waals surface area (Å²) in [6, 6.07) is 14.2. The van der Waals surface area contributed by atoms with Crippen molar-refractivity contribution >= 4 is 32.4 Å². The summed E-state index contributed by atoms with van der Waals surface area (Å²) in [5, 5.41) is 3.26. The molecule has 0 saturated heterocycles. The Hall–Kier alpha value is -4.25. The van der Waals surface area contributed by atoms with E-state index in [2.05, 4.69) is 25.3 Å². The molecule has 188 valence electrons. The number of hydrogen-bond acceptors (Lipinski definition) is 6. The quantitative estimate of drug-likeness (QED) is 0.280. The van der Waals surface area contributed by atoms with Gasteiger partial charge in [0.2, 0.25) is 0 Å². The Morgan fingerprint density at radius 3 is 2.59 bits per heavy atom. The Balaban J connectivity index is 1.48. The molecule has 37 heavy (non-hydrogen) atoms. The molecule has 0 fully saturated rings. The number of aromatic nitrogens is 4. The topological polar surface area (TPSA) is 101 Å². The monoisotopic (exact) mass is 523 g/mol. The van der Waals surface area contributed by atoms with Gasteiger partial charge in [0.15, 0.2) is 21.5 Å². The van der Waals surface area contributed by atoms with Crippen LogP contribution in [0.1, 0.15) is 16.7 Å². The fraction of sp³-hybridized carbons (Fsp3) is 0.115. The highest BCUT2D eigenvalue weighted by Crippen LogP contribution is 2.32. The molecule has 3 heterocycles. The predicted octanol–water partition coefficient (Wildman–Crippen LogP) is 6.06. The minimum absolute atomic E-state index is 0.387. The number of nitrogens with one attached hydrogen (secondary N) is 2. The summed E-state index contributed by atoms with van der Waals surface area (Å²) in [5.41, 5.74) is 2.89. The maximum absolute atomic E-state index is 13.1. The summed E-state index contributed by atoms with van der Waals surface area (Å²) in [6.07, 6.45) is 0.409. The number of pyridine rings is 1. The lowest BCUT2D eigenvalue weighted by atomic mass is 10.1. The summed E-state index contributed by atoms with van der Waals surface area (Å²) >= 11 is 0. The third-order valence-corrected chi connectivity index (χ3v) is 7.44. The second kappa shape index (κ2) is 9.32. The maximum atomic E-state index is 13.1. The number of aryl methyl sites for hydroxylation is 1. The molecule has 3 aromatic heterocycles. The number of H-pyrrole nitrogens is 1. The number of hydrogen-bond donors (Lipinski definition) is 2. The average Bonchev–Trinajstić information content (AvgIpc) is 3.35. The minimum atomic E-state index is -4.64. The van der Waals surface area contributed by atoms with Crippen molar-refractivity contribution in [2.45, 2.75) is 23.7 Å². The number of anilines is 2. The summed E-state index contributed by atoms with van der Waals surface area (Å²) in [5.74, 6) is 0.477. The van der Waals surface area contributed by atoms with Crippen molar-refractivity contribution in [1.82, 2.24) is 19.9 Å². The van der Waals surface area contributed by atoms with E-state index < -0.39 is 27.3 Å². The molecule has 2 N–H and O–H groups in total. The van der Waals surface area contributed by atoms with Gasteiger partial charge in [-0.3, -0.25) is 4.98 Å². The Morgan fingerprint density at radius 2 is 1.84 bits per heavy atom. The molecule has 0 aliphatic rings. The summed E-state index contributed by atoms with van der Waals surface area (Å²) < 4.78 is 65.2. The van der Waals surface area contributed by atoms with Gasteiger partial charge in [-0.25, -0.2) is 18.4 Å². The largest absolute Gasteiger partial charge is 0.416 e. The number of halogens is 3. The maximum Gasteiger partial charge on any atom is 0.416 e. The number of nitrogens with zero attached hydrogens (tertiary/aromatic N) is 3. The zero-order chi connectivity index (χ0) is 26.2. The van der Waals surface area contributed by atoms with Gasteiger partial charge in [0.1, 0.15) is 5.52 Å². The zero-order valence-corrected chi connectivity index (χ0v) is 20.2. The molecule has 0 aliphatic heterocycles. The van der Waals surface area contributed by atoms with E-state index in [-0.39, 0.29) is 4.90 Å². The van der Waals surface area contributed by atoms with Crippen LogP contribution in [0.3, 0.4) is 0 Å². The second-order valence-corrected chi connectivity index (χ2v) is 10.4. The first kappa shape index (κ1) is 24.4. The minimum Gasteiger partial charge on any atom is -0.357 e. The summed E-state index contributed by atoms with van der Waals surface area (Å²) in [7, 11) is -4.03. The number of aromatic amines is 1. The Kier molecular flexibility index (Phi) is 6.16. The van der Waals surface area contributed by atoms with E-state index in [0.29, 0.717) is 40.0 Å². The Bertz CT molecular complexity index is 1700. The van der Waals surface area contributed by atoms with Crippen LogP contribution in [-0.2, 0) is 21.8 Å². The van der Waals surface area contributed by atoms with E-state index in [4.69, 9.17) is 0 Å². The van der Waals surface area contributed by atoms with Crippen LogP contribution in [0.5, 0.6) is 0 Å². The number of benzene rings is 2. The third-order valence-electron chi connectivity index (χ3n) is 5.76. The molecule has 0 saturated carbocycles. The molecular weight excluding hydrogens is 503 g/mol. The molecule has 7 nitrogen and oxygen atoms in total. The average molecular weight is 524 g/mol. The van der Waals surface area contributed by atoms with Crippen LogP contribution in [-0.4, -0.2) is 28.4 Å². The highest BCUT2D eigenvalue weighted by Gasteiger charge is 2.31. The van der Waals surface area contributed by atoms with Crippen molar-refractivity contribution in [3.05, 3.63) is 95.9 Å². The molecule has 0 atom stereocenters. The molecule has 0 unspecified atom stereocenters. The molecular formula is C26H20F3N5O2S. The fourth-order valence-corrected chi connectivity index (χ4v) is 5.23. The van der Waals surface area contributed by atoms with Crippen molar-refractivity contribution in [2.24, 2.45) is 0 Å². The van der Waals surface area contributed by atoms with Crippen LogP contribution in [0, 0.1) is 6.92 Å². The molecule has 11 heteroatoms. The fourth-order valence-electron chi connectivity index (χ4n) is 3.85. The lowest BCUT2D eigenvalue weighted by Crippen LogP contribution is -2.09. The second-order valence-electron chi connectivity index (χ2n) is 8.43. The van der Waals surface area contributed by atoms with Gasteiger partial charge in [-0.15, -0.1) is 0 Å². The van der Waals surface area contributed by atoms with E-state index in [9.17, 15) is 21.6 Å². The Labute approximate surface area is 210 Å². The lowest BCUT2D eigenvalue weighted by molar-refractivity contribution is -0.137. The highest BCUT2D eigenvalue weighted by molar-refractivity contribution is 7.90. The van der Waals surface area contributed by atoms with Crippen LogP contribution < -0.4 is 5.32 Å². The van der Waals surface area contributed by atoms with E-state index in [0.717, 1.165) is 23.3 Å². The van der Waals surface area contributed by atoms with Crippen molar-refractivity contribution in [1.29, 1.82) is 0 Å². The van der Waals surface area contributed by atoms with Crippen LogP contribution in [0.4, 0.5) is 24.7 Å². The lowest BCUT2D eigenvalue weighted by Gasteiger charge is -2.14. The van der Waals surface area contributed by atoms with Crippen LogP contribution >= 0.6 is 0 Å². The molecule has 0 radical (unpaired) electrons. The molecule has 5 rings (SSSR count). The SMILES string of the molecule is Cc1ccc(CS(=O)(=O)c2cccc(C(F)(F)F)c2)cc1Nc1nc(-c2cccnc2)nc2cc[nH]c12. The van der Waals surface area contributed by atoms with Gasteiger partial charge < -0.3 is 10.3 Å². The smallest absolute Gasteiger partial charge is 0.357 e. The first-order chi connectivity index (χ1) is 17.6. The first-order valence-corrected chi connectivity index (χ1v) is 12.8. The summed E-state index contributed by atoms with van der Waals surface area (Å²) in [4.78, 5) is 16.1. The first-order valence-electron chi connectivity index (χ1n) is 11.1. The summed E-state index contributed by atoms with van der Waals surface area (Å²) in [6.45, 7) is 1.85. The molecule has 0 spiro atoms. The highest BCUT2D eigenvalue weighted by atomic mass is 32.2. The van der Waals surface area contributed by atoms with Gasteiger partial charge in [-0.1, -0.05) is 18.2 Å². The van der Waals surface area contributed by atoms with Gasteiger partial charge in [0.05, 0.1) is 21.7 Å². The van der Waals surface area contributed by atoms with E-state index in [1.807, 2.05) is 19.1 Å². The van der Waals surface area contributed by atoms with Gasteiger partial charge >= 0.3 is 6.18 Å². The molecule has 0 amide bonds. The van der Waals surface area contributed by atoms with Crippen molar-refractivity contribution < 1.29 is 21.6 Å². The number of alkyl halides is 3. The zero-order valence-electron chi connectivity index (χ0n) is 19.4. The van der Waals surface area contributed by atoms with E-state index >= 15 is 0 Å². The van der Waals surface area contributed by atoms with Crippen LogP contribution in [0.25, 0.3) is 22.4 Å². The van der Waals surface area contributed by atoms with Gasteiger partial charge in [0, 0.05) is 29.8 Å². The van der Waals surface area contributed by atoms with Crippen molar-refractivity contribution in [3.8, 4) is 11.4 Å². The van der Waals surface area contributed by atoms with Crippen LogP contribution in [0.15, 0.2) is 84.1 Å². The van der Waals surface area contributed by atoms with Crippen LogP contribution in [0.2, 0.25) is 0 Å². The van der Waals surface area contributed by atoms with Gasteiger partial charge in [0.25, 0.3) is 0 Å². The molecule has 2 aromatic carbocycles. The number of fused-ring (bicyclic) bond motifs is 1. The number of sulfone groups is 1. The molecule has 5 aromatic rings. The molecule has 0 aliphatic carbocycles. The van der Waals surface area contributed by atoms with Crippen molar-refractivity contribution in [3.63, 3.8) is 0 Å². The molecule has 0 bridgehead atoms. The van der Waals surface area contributed by atoms with Gasteiger partial charge in [-0.2, -0.15) is 13.2 Å². The number of rotatable bonds is 6. The third kappa shape index (κ3) is 5.17.